The number of carbonyl (C=O) groups is 1. The molecule has 1 saturated heterocycles. The third kappa shape index (κ3) is 3.97. The number of hydrogen-bond donors (Lipinski definition) is 1. The zero-order valence-electron chi connectivity index (χ0n) is 13.9. The van der Waals surface area contributed by atoms with Crippen molar-refractivity contribution >= 4 is 11.6 Å². The summed E-state index contributed by atoms with van der Waals surface area (Å²) in [6, 6.07) is 16.1. The quantitative estimate of drug-likeness (QED) is 0.879. The van der Waals surface area contributed by atoms with E-state index in [4.69, 9.17) is 5.26 Å². The lowest BCUT2D eigenvalue weighted by molar-refractivity contribution is -0.128. The van der Waals surface area contributed by atoms with Gasteiger partial charge >= 0.3 is 0 Å². The van der Waals surface area contributed by atoms with Gasteiger partial charge in [-0.1, -0.05) is 36.4 Å². The maximum absolute atomic E-state index is 13.7. The molecule has 0 aliphatic carbocycles. The van der Waals surface area contributed by atoms with E-state index in [1.54, 1.807) is 6.07 Å². The summed E-state index contributed by atoms with van der Waals surface area (Å²) < 4.78 is 13.7. The number of rotatable bonds is 6. The maximum atomic E-state index is 13.7. The van der Waals surface area contributed by atoms with Gasteiger partial charge < -0.3 is 10.2 Å². The number of nitriles is 1. The van der Waals surface area contributed by atoms with E-state index in [1.807, 2.05) is 29.2 Å². The molecule has 1 unspecified atom stereocenters. The normalized spacial score (nSPS) is 16.7. The number of hydrogen-bond acceptors (Lipinski definition) is 3. The van der Waals surface area contributed by atoms with E-state index in [1.165, 1.54) is 17.7 Å². The second-order valence-electron chi connectivity index (χ2n) is 6.17. The molecular formula is C20H20FN3O. The minimum absolute atomic E-state index is 0.0150. The van der Waals surface area contributed by atoms with Crippen molar-refractivity contribution in [1.82, 2.24) is 4.90 Å². The molecule has 1 aliphatic rings. The number of carbonyl (C=O) groups excluding carboxylic acids is 1. The highest BCUT2D eigenvalue weighted by Gasteiger charge is 2.31. The molecule has 0 saturated carbocycles. The van der Waals surface area contributed by atoms with Gasteiger partial charge in [0, 0.05) is 13.1 Å². The fourth-order valence-electron chi connectivity index (χ4n) is 3.16. The summed E-state index contributed by atoms with van der Waals surface area (Å²) in [5.74, 6) is -0.557. The molecule has 1 fully saturated rings. The fraction of sp³-hybridized carbons (Fsp3) is 0.300. The van der Waals surface area contributed by atoms with Gasteiger partial charge in [-0.25, -0.2) is 4.39 Å². The Morgan fingerprint density at radius 2 is 2.00 bits per heavy atom. The van der Waals surface area contributed by atoms with E-state index >= 15 is 0 Å². The Hall–Kier alpha value is -2.87. The summed E-state index contributed by atoms with van der Waals surface area (Å²) in [5.41, 5.74) is 1.60. The van der Waals surface area contributed by atoms with Crippen LogP contribution in [0.25, 0.3) is 0 Å². The van der Waals surface area contributed by atoms with Crippen molar-refractivity contribution in [2.24, 2.45) is 0 Å². The molecule has 0 spiro atoms. The van der Waals surface area contributed by atoms with Crippen LogP contribution in [0.5, 0.6) is 0 Å². The molecule has 1 amide bonds. The number of aryl methyl sites for hydroxylation is 1. The van der Waals surface area contributed by atoms with Gasteiger partial charge in [0.2, 0.25) is 5.91 Å². The second kappa shape index (κ2) is 7.80. The van der Waals surface area contributed by atoms with Crippen LogP contribution in [-0.4, -0.2) is 29.9 Å². The number of nitrogens with one attached hydrogen (secondary N) is 1. The highest BCUT2D eigenvalue weighted by Crippen LogP contribution is 2.22. The minimum Gasteiger partial charge on any atom is -0.372 e. The fourth-order valence-corrected chi connectivity index (χ4v) is 3.16. The van der Waals surface area contributed by atoms with Gasteiger partial charge in [0.05, 0.1) is 5.69 Å². The van der Waals surface area contributed by atoms with Crippen LogP contribution >= 0.6 is 0 Å². The van der Waals surface area contributed by atoms with E-state index in [2.05, 4.69) is 17.4 Å². The third-order valence-electron chi connectivity index (χ3n) is 4.49. The van der Waals surface area contributed by atoms with Crippen molar-refractivity contribution in [3.8, 4) is 6.07 Å². The Kier molecular flexibility index (Phi) is 5.30. The van der Waals surface area contributed by atoms with Crippen LogP contribution in [0, 0.1) is 17.1 Å². The number of amides is 1. The van der Waals surface area contributed by atoms with Crippen molar-refractivity contribution in [2.75, 3.05) is 18.4 Å². The summed E-state index contributed by atoms with van der Waals surface area (Å²) >= 11 is 0. The van der Waals surface area contributed by atoms with Gasteiger partial charge in [-0.05, 0) is 37.0 Å². The summed E-state index contributed by atoms with van der Waals surface area (Å²) in [7, 11) is 0. The Morgan fingerprint density at radius 3 is 2.76 bits per heavy atom. The molecule has 2 aromatic rings. The van der Waals surface area contributed by atoms with Crippen molar-refractivity contribution in [2.45, 2.75) is 25.3 Å². The maximum Gasteiger partial charge on any atom is 0.245 e. The molecule has 0 aromatic heterocycles. The van der Waals surface area contributed by atoms with Gasteiger partial charge in [-0.3, -0.25) is 4.79 Å². The van der Waals surface area contributed by atoms with Gasteiger partial charge in [-0.15, -0.1) is 0 Å². The Balaban J connectivity index is 1.55. The van der Waals surface area contributed by atoms with Crippen LogP contribution < -0.4 is 5.32 Å². The molecule has 1 atom stereocenters. The second-order valence-corrected chi connectivity index (χ2v) is 6.17. The summed E-state index contributed by atoms with van der Waals surface area (Å²) in [6.07, 6.45) is 2.50. The van der Waals surface area contributed by atoms with Gasteiger partial charge in [0.15, 0.2) is 0 Å². The van der Waals surface area contributed by atoms with E-state index in [0.717, 1.165) is 12.8 Å². The molecule has 1 aliphatic heterocycles. The zero-order valence-corrected chi connectivity index (χ0v) is 13.9. The minimum atomic E-state index is -0.572. The van der Waals surface area contributed by atoms with E-state index < -0.39 is 11.9 Å². The van der Waals surface area contributed by atoms with E-state index in [0.29, 0.717) is 25.2 Å². The molecule has 4 nitrogen and oxygen atoms in total. The lowest BCUT2D eigenvalue weighted by atomic mass is 10.1. The lowest BCUT2D eigenvalue weighted by Crippen LogP contribution is -2.34. The largest absolute Gasteiger partial charge is 0.372 e. The van der Waals surface area contributed by atoms with Gasteiger partial charge in [0.1, 0.15) is 23.5 Å². The molecule has 1 N–H and O–H groups in total. The van der Waals surface area contributed by atoms with Gasteiger partial charge in [0.25, 0.3) is 0 Å². The van der Waals surface area contributed by atoms with Crippen molar-refractivity contribution in [1.29, 1.82) is 5.26 Å². The predicted octanol–water partition coefficient (Wildman–Crippen LogP) is 3.34. The van der Waals surface area contributed by atoms with Gasteiger partial charge in [-0.2, -0.15) is 5.26 Å². The third-order valence-corrected chi connectivity index (χ3v) is 4.49. The first-order valence-electron chi connectivity index (χ1n) is 8.47. The van der Waals surface area contributed by atoms with Crippen LogP contribution in [-0.2, 0) is 11.2 Å². The monoisotopic (exact) mass is 337 g/mol. The van der Waals surface area contributed by atoms with Crippen molar-refractivity contribution in [3.05, 3.63) is 65.5 Å². The average molecular weight is 337 g/mol. The van der Waals surface area contributed by atoms with E-state index in [9.17, 15) is 9.18 Å². The molecule has 0 bridgehead atoms. The number of likely N-dealkylation sites (tertiary alicyclic amines) is 1. The molecule has 1 heterocycles. The van der Waals surface area contributed by atoms with Crippen molar-refractivity contribution in [3.63, 3.8) is 0 Å². The highest BCUT2D eigenvalue weighted by atomic mass is 19.1. The molecule has 128 valence electrons. The Bertz CT molecular complexity index is 785. The number of halogens is 1. The van der Waals surface area contributed by atoms with Crippen LogP contribution in [0.4, 0.5) is 10.1 Å². The molecule has 5 heteroatoms. The first-order chi connectivity index (χ1) is 12.2. The van der Waals surface area contributed by atoms with E-state index in [-0.39, 0.29) is 11.5 Å². The van der Waals surface area contributed by atoms with Crippen LogP contribution in [0.1, 0.15) is 24.0 Å². The predicted molar refractivity (Wildman–Crippen MR) is 94.5 cm³/mol. The molecular weight excluding hydrogens is 317 g/mol. The lowest BCUT2D eigenvalue weighted by Gasteiger charge is -2.18. The average Bonchev–Trinajstić information content (AvgIpc) is 2.96. The molecule has 0 radical (unpaired) electrons. The van der Waals surface area contributed by atoms with Crippen LogP contribution in [0.3, 0.4) is 0 Å². The highest BCUT2D eigenvalue weighted by molar-refractivity contribution is 5.87. The summed E-state index contributed by atoms with van der Waals surface area (Å²) in [6.45, 7) is 1.39. The molecule has 2 aromatic carbocycles. The summed E-state index contributed by atoms with van der Waals surface area (Å²) in [4.78, 5) is 14.4. The van der Waals surface area contributed by atoms with Crippen molar-refractivity contribution < 1.29 is 9.18 Å². The Labute approximate surface area is 146 Å². The summed E-state index contributed by atoms with van der Waals surface area (Å²) in [5, 5.41) is 12.1. The molecule has 25 heavy (non-hydrogen) atoms. The number of benzene rings is 2. The standard InChI is InChI=1S/C20H20FN3O/c21-17-9-4-10-18(16(17)14-22)23-19-11-13-24(20(19)25)12-5-8-15-6-2-1-3-7-15/h1-4,6-7,9-10,19,23H,5,8,11-13H2. The number of nitrogens with zero attached hydrogens (tertiary/aromatic N) is 2. The Morgan fingerprint density at radius 1 is 1.20 bits per heavy atom. The first kappa shape index (κ1) is 17.0. The van der Waals surface area contributed by atoms with Crippen LogP contribution in [0.2, 0.25) is 0 Å². The smallest absolute Gasteiger partial charge is 0.245 e. The topological polar surface area (TPSA) is 56.1 Å². The first-order valence-corrected chi connectivity index (χ1v) is 8.47. The molecule has 3 rings (SSSR count). The number of anilines is 1. The SMILES string of the molecule is N#Cc1c(F)cccc1NC1CCN(CCCc2ccccc2)C1=O. The van der Waals surface area contributed by atoms with Crippen LogP contribution in [0.15, 0.2) is 48.5 Å². The zero-order chi connectivity index (χ0) is 17.6.